The van der Waals surface area contributed by atoms with Crippen molar-refractivity contribution in [3.8, 4) is 39.5 Å². The van der Waals surface area contributed by atoms with Gasteiger partial charge in [-0.15, -0.1) is 0 Å². The van der Waals surface area contributed by atoms with Gasteiger partial charge in [0.2, 0.25) is 0 Å². The smallest absolute Gasteiger partial charge is 0.433 e. The lowest BCUT2D eigenvalue weighted by molar-refractivity contribution is -0.142. The molecule has 0 radical (unpaired) electrons. The first kappa shape index (κ1) is 65.1. The number of halogens is 9. The topological polar surface area (TPSA) is 182 Å². The molecular formula is C66H50Cl3F6N9O5. The van der Waals surface area contributed by atoms with Crippen LogP contribution in [0.5, 0.6) is 5.75 Å². The van der Waals surface area contributed by atoms with E-state index in [0.717, 1.165) is 39.9 Å². The van der Waals surface area contributed by atoms with Gasteiger partial charge in [0, 0.05) is 57.9 Å². The Balaban J connectivity index is 0.000000177. The van der Waals surface area contributed by atoms with E-state index in [1.54, 1.807) is 124 Å². The quantitative estimate of drug-likeness (QED) is 0.0928. The van der Waals surface area contributed by atoms with Crippen LogP contribution in [0.1, 0.15) is 81.2 Å². The molecule has 0 bridgehead atoms. The van der Waals surface area contributed by atoms with Crippen LogP contribution in [0.15, 0.2) is 182 Å². The van der Waals surface area contributed by atoms with Gasteiger partial charge in [0.25, 0.3) is 23.6 Å². The molecule has 10 rings (SSSR count). The first-order valence-corrected chi connectivity index (χ1v) is 27.8. The summed E-state index contributed by atoms with van der Waals surface area (Å²) in [6.45, 7) is 7.95. The van der Waals surface area contributed by atoms with Crippen molar-refractivity contribution in [2.24, 2.45) is 0 Å². The van der Waals surface area contributed by atoms with E-state index in [0.29, 0.717) is 77.7 Å². The molecule has 6 aromatic heterocycles. The number of imide groups is 1. The largest absolute Gasteiger partial charge is 0.497 e. The second-order valence-corrected chi connectivity index (χ2v) is 20.8. The Morgan fingerprint density at radius 1 is 0.461 bits per heavy atom. The van der Waals surface area contributed by atoms with Crippen molar-refractivity contribution in [3.05, 3.63) is 259 Å². The molecule has 0 spiro atoms. The lowest BCUT2D eigenvalue weighted by Gasteiger charge is -2.23. The summed E-state index contributed by atoms with van der Waals surface area (Å²) in [7, 11) is 1.58. The Bertz CT molecular complexity index is 4260. The molecule has 4 amide bonds. The van der Waals surface area contributed by atoms with Crippen LogP contribution in [-0.4, -0.2) is 60.6 Å². The maximum Gasteiger partial charge on any atom is 0.433 e. The van der Waals surface area contributed by atoms with E-state index in [1.165, 1.54) is 32.0 Å². The summed E-state index contributed by atoms with van der Waals surface area (Å²) in [6.07, 6.45) is -4.34. The number of rotatable bonds is 11. The van der Waals surface area contributed by atoms with E-state index in [-0.39, 0.29) is 39.7 Å². The highest BCUT2D eigenvalue weighted by molar-refractivity contribution is 6.34. The number of aromatic nitrogens is 6. The van der Waals surface area contributed by atoms with Gasteiger partial charge >= 0.3 is 12.4 Å². The molecule has 4 aromatic carbocycles. The number of aryl methyl sites for hydroxylation is 5. The van der Waals surface area contributed by atoms with Gasteiger partial charge in [-0.2, -0.15) is 26.3 Å². The minimum atomic E-state index is -4.68. The Morgan fingerprint density at radius 2 is 0.888 bits per heavy atom. The van der Waals surface area contributed by atoms with E-state index in [9.17, 15) is 45.5 Å². The molecule has 14 nitrogen and oxygen atoms in total. The number of carbonyl (C=O) groups is 4. The van der Waals surface area contributed by atoms with Crippen LogP contribution in [0, 0.1) is 34.6 Å². The van der Waals surface area contributed by atoms with Gasteiger partial charge in [-0.25, -0.2) is 14.9 Å². The molecule has 89 heavy (non-hydrogen) atoms. The average Bonchev–Trinajstić information content (AvgIpc) is 1.17. The zero-order chi connectivity index (χ0) is 64.3. The Hall–Kier alpha value is -9.89. The van der Waals surface area contributed by atoms with Crippen LogP contribution in [0.3, 0.4) is 0 Å². The molecule has 452 valence electrons. The van der Waals surface area contributed by atoms with Crippen molar-refractivity contribution in [2.45, 2.75) is 47.0 Å². The van der Waals surface area contributed by atoms with Gasteiger partial charge < -0.3 is 15.4 Å². The molecule has 10 aromatic rings. The van der Waals surface area contributed by atoms with Crippen molar-refractivity contribution < 1.29 is 50.3 Å². The predicted octanol–water partition coefficient (Wildman–Crippen LogP) is 17.0. The standard InChI is InChI=1S/C27H20ClF3N4O2.C20H17ClN2O2.C19H13ClF3N3O/c1-15-7-9-19(16(2)33-15)25(36)35(26(37)20-10-12-24(27(29,30)31)34-17(20)3)18-8-11-22(28)21(14-18)23-6-4-5-13-32-23;1-13-9-14(11-16(10-13)25-2)20(24)23-15-6-7-18(21)17(12-15)19-5-3-4-8-22-19;1-11-13(6-8-17(25-11)19(21,22)23)18(27)26-12-5-7-15(20)14(10-12)16-4-2-3-9-24-16/h4-14H,1-3H3;3-12H,1-2H3,(H,23,24);2-10H,1H3,(H,26,27). The summed E-state index contributed by atoms with van der Waals surface area (Å²) in [4.78, 5) is 77.6. The highest BCUT2D eigenvalue weighted by Crippen LogP contribution is 2.36. The summed E-state index contributed by atoms with van der Waals surface area (Å²) in [6, 6.07) is 43.1. The zero-order valence-corrected chi connectivity index (χ0v) is 50.2. The SMILES string of the molecule is COc1cc(C)cc(C(=O)Nc2ccc(Cl)c(-c3ccccn3)c2)c1.Cc1ccc(C(=O)N(C(=O)c2ccc(C(F)(F)F)nc2C)c2ccc(Cl)c(-c3ccccn3)c2)c(C)n1.Cc1nc(C(F)(F)F)ccc1C(=O)Nc1ccc(Cl)c(-c2ccccn2)c1. The minimum Gasteiger partial charge on any atom is -0.497 e. The predicted molar refractivity (Wildman–Crippen MR) is 330 cm³/mol. The van der Waals surface area contributed by atoms with Crippen LogP contribution < -0.4 is 20.3 Å². The summed E-state index contributed by atoms with van der Waals surface area (Å²) in [5, 5.41) is 6.91. The molecule has 2 N–H and O–H groups in total. The lowest BCUT2D eigenvalue weighted by Crippen LogP contribution is -2.38. The number of carbonyl (C=O) groups excluding carboxylic acids is 4. The van der Waals surface area contributed by atoms with Crippen molar-refractivity contribution in [2.75, 3.05) is 22.6 Å². The number of amides is 4. The fourth-order valence-electron chi connectivity index (χ4n) is 8.80. The monoisotopic (exact) mass is 1270 g/mol. The van der Waals surface area contributed by atoms with E-state index >= 15 is 0 Å². The maximum absolute atomic E-state index is 13.8. The highest BCUT2D eigenvalue weighted by Gasteiger charge is 2.36. The number of pyridine rings is 6. The van der Waals surface area contributed by atoms with Crippen LogP contribution in [0.25, 0.3) is 33.8 Å². The van der Waals surface area contributed by atoms with Crippen molar-refractivity contribution >= 4 is 75.5 Å². The number of nitrogens with one attached hydrogen (secondary N) is 2. The van der Waals surface area contributed by atoms with E-state index in [4.69, 9.17) is 39.5 Å². The third kappa shape index (κ3) is 16.4. The van der Waals surface area contributed by atoms with Gasteiger partial charge in [-0.1, -0.05) is 53.0 Å². The van der Waals surface area contributed by atoms with E-state index in [2.05, 4.69) is 40.5 Å². The van der Waals surface area contributed by atoms with Gasteiger partial charge in [0.15, 0.2) is 0 Å². The highest BCUT2D eigenvalue weighted by atomic mass is 35.5. The maximum atomic E-state index is 13.8. The van der Waals surface area contributed by atoms with Gasteiger partial charge in [0.05, 0.1) is 78.7 Å². The molecule has 0 aliphatic rings. The van der Waals surface area contributed by atoms with E-state index in [1.807, 2.05) is 43.3 Å². The fraction of sp³-hybridized carbons (Fsp3) is 0.121. The number of benzene rings is 4. The Labute approximate surface area is 521 Å². The third-order valence-corrected chi connectivity index (χ3v) is 14.1. The molecule has 0 unspecified atom stereocenters. The molecule has 6 heterocycles. The number of alkyl halides is 6. The van der Waals surface area contributed by atoms with Crippen molar-refractivity contribution in [1.29, 1.82) is 0 Å². The molecule has 23 heteroatoms. The van der Waals surface area contributed by atoms with Gasteiger partial charge in [-0.3, -0.25) is 39.1 Å². The molecule has 0 atom stereocenters. The zero-order valence-electron chi connectivity index (χ0n) is 47.9. The minimum absolute atomic E-state index is 0.0127. The summed E-state index contributed by atoms with van der Waals surface area (Å²) < 4.78 is 82.8. The Kier molecular flexibility index (Phi) is 20.7. The molecular weight excluding hydrogens is 1220 g/mol. The first-order valence-electron chi connectivity index (χ1n) is 26.6. The molecule has 0 aliphatic carbocycles. The van der Waals surface area contributed by atoms with Crippen molar-refractivity contribution in [3.63, 3.8) is 0 Å². The van der Waals surface area contributed by atoms with Crippen molar-refractivity contribution in [1.82, 2.24) is 29.9 Å². The number of nitrogens with zero attached hydrogens (tertiary/aromatic N) is 7. The molecule has 0 fully saturated rings. The molecule has 0 saturated carbocycles. The average molecular weight is 1270 g/mol. The van der Waals surface area contributed by atoms with Gasteiger partial charge in [0.1, 0.15) is 17.1 Å². The fourth-order valence-corrected chi connectivity index (χ4v) is 9.44. The first-order chi connectivity index (χ1) is 42.3. The summed E-state index contributed by atoms with van der Waals surface area (Å²) in [5.74, 6) is -1.68. The Morgan fingerprint density at radius 3 is 1.31 bits per heavy atom. The normalized spacial score (nSPS) is 11.0. The van der Waals surface area contributed by atoms with Gasteiger partial charge in [-0.05, 0) is 186 Å². The number of ether oxygens (including phenoxy) is 1. The second-order valence-electron chi connectivity index (χ2n) is 19.5. The summed E-state index contributed by atoms with van der Waals surface area (Å²) in [5.41, 5.74) is 5.23. The number of methoxy groups -OCH3 is 1. The van der Waals surface area contributed by atoms with Crippen LogP contribution >= 0.6 is 34.8 Å². The van der Waals surface area contributed by atoms with Crippen LogP contribution in [0.4, 0.5) is 43.4 Å². The molecule has 0 aliphatic heterocycles. The number of hydrogen-bond donors (Lipinski definition) is 2. The summed E-state index contributed by atoms with van der Waals surface area (Å²) >= 11 is 18.9. The molecule has 0 saturated heterocycles. The number of anilines is 3. The van der Waals surface area contributed by atoms with Crippen LogP contribution in [-0.2, 0) is 12.4 Å². The van der Waals surface area contributed by atoms with E-state index < -0.39 is 41.5 Å². The number of hydrogen-bond acceptors (Lipinski definition) is 11. The lowest BCUT2D eigenvalue weighted by atomic mass is 10.1. The van der Waals surface area contributed by atoms with Crippen LogP contribution in [0.2, 0.25) is 15.1 Å². The second kappa shape index (κ2) is 28.3. The third-order valence-electron chi connectivity index (χ3n) is 13.1.